The summed E-state index contributed by atoms with van der Waals surface area (Å²) in [6, 6.07) is 7.49. The van der Waals surface area contributed by atoms with E-state index in [0.29, 0.717) is 21.8 Å². The van der Waals surface area contributed by atoms with Crippen molar-refractivity contribution in [3.63, 3.8) is 0 Å². The van der Waals surface area contributed by atoms with Crippen molar-refractivity contribution >= 4 is 56.5 Å². The zero-order chi connectivity index (χ0) is 16.6. The third-order valence-electron chi connectivity index (χ3n) is 3.32. The minimum Gasteiger partial charge on any atom is -0.486 e. The van der Waals surface area contributed by atoms with Gasteiger partial charge in [-0.05, 0) is 30.7 Å². The van der Waals surface area contributed by atoms with Crippen LogP contribution in [0.15, 0.2) is 24.3 Å². The summed E-state index contributed by atoms with van der Waals surface area (Å²) >= 11 is 13.1. The predicted molar refractivity (Wildman–Crippen MR) is 92.8 cm³/mol. The molecule has 0 unspecified atom stereocenters. The van der Waals surface area contributed by atoms with E-state index >= 15 is 0 Å². The molecule has 2 aromatic heterocycles. The fraction of sp³-hybridized carbons (Fsp3) is 0.143. The number of thiophene rings is 1. The smallest absolute Gasteiger partial charge is 0.486 e. The molecule has 0 saturated carbocycles. The van der Waals surface area contributed by atoms with Crippen LogP contribution < -0.4 is 9.51 Å². The number of aromatic nitrogens is 2. The molecule has 0 aliphatic heterocycles. The molecule has 0 aliphatic carbocycles. The Kier molecular flexibility index (Phi) is 4.75. The minimum atomic E-state index is -1.61. The third kappa shape index (κ3) is 3.29. The van der Waals surface area contributed by atoms with E-state index in [9.17, 15) is 10.0 Å². The summed E-state index contributed by atoms with van der Waals surface area (Å²) in [4.78, 5) is 7.97. The van der Waals surface area contributed by atoms with Crippen LogP contribution in [0, 0.1) is 6.92 Å². The van der Waals surface area contributed by atoms with Gasteiger partial charge in [-0.3, -0.25) is 0 Å². The van der Waals surface area contributed by atoms with Gasteiger partial charge in [0.05, 0.1) is 10.5 Å². The third-order valence-corrected chi connectivity index (χ3v) is 5.05. The number of hydrogen-bond donors (Lipinski definition) is 2. The first-order chi connectivity index (χ1) is 11.0. The lowest BCUT2D eigenvalue weighted by Crippen LogP contribution is -2.28. The zero-order valence-electron chi connectivity index (χ0n) is 12.0. The maximum absolute atomic E-state index is 9.56. The fourth-order valence-electron chi connectivity index (χ4n) is 2.14. The van der Waals surface area contributed by atoms with Crippen molar-refractivity contribution in [1.29, 1.82) is 0 Å². The molecule has 0 saturated heterocycles. The summed E-state index contributed by atoms with van der Waals surface area (Å²) < 4.78 is 7.06. The topological polar surface area (TPSA) is 75.5 Å². The van der Waals surface area contributed by atoms with Crippen molar-refractivity contribution < 1.29 is 14.8 Å². The van der Waals surface area contributed by atoms with Crippen LogP contribution in [-0.4, -0.2) is 27.1 Å². The van der Waals surface area contributed by atoms with E-state index in [-0.39, 0.29) is 17.0 Å². The molecule has 3 aromatic rings. The van der Waals surface area contributed by atoms with Gasteiger partial charge >= 0.3 is 7.12 Å². The van der Waals surface area contributed by atoms with Gasteiger partial charge in [0, 0.05) is 15.6 Å². The monoisotopic (exact) mass is 368 g/mol. The van der Waals surface area contributed by atoms with Crippen LogP contribution >= 0.6 is 34.5 Å². The van der Waals surface area contributed by atoms with Crippen LogP contribution in [0.5, 0.6) is 5.75 Å². The van der Waals surface area contributed by atoms with E-state index in [0.717, 1.165) is 10.1 Å². The molecular formula is C14H11BCl2N2O3S. The van der Waals surface area contributed by atoms with Crippen LogP contribution in [0.1, 0.15) is 11.3 Å². The SMILES string of the molecule is Cc1c(Cl)nc(Cl)nc1COc1c(B(O)O)sc2ccccc12. The Morgan fingerprint density at radius 2 is 1.96 bits per heavy atom. The van der Waals surface area contributed by atoms with E-state index in [1.165, 1.54) is 11.3 Å². The number of rotatable bonds is 4. The molecule has 23 heavy (non-hydrogen) atoms. The van der Waals surface area contributed by atoms with Crippen molar-refractivity contribution in [2.24, 2.45) is 0 Å². The molecule has 118 valence electrons. The highest BCUT2D eigenvalue weighted by Crippen LogP contribution is 2.31. The Balaban J connectivity index is 1.97. The van der Waals surface area contributed by atoms with Crippen molar-refractivity contribution in [3.8, 4) is 5.75 Å². The largest absolute Gasteiger partial charge is 0.502 e. The van der Waals surface area contributed by atoms with Crippen molar-refractivity contribution in [1.82, 2.24) is 9.97 Å². The van der Waals surface area contributed by atoms with Gasteiger partial charge in [0.2, 0.25) is 5.28 Å². The normalized spacial score (nSPS) is 11.0. The van der Waals surface area contributed by atoms with E-state index < -0.39 is 7.12 Å². The van der Waals surface area contributed by atoms with Gasteiger partial charge in [0.15, 0.2) is 0 Å². The van der Waals surface area contributed by atoms with Crippen molar-refractivity contribution in [2.45, 2.75) is 13.5 Å². The first-order valence-electron chi connectivity index (χ1n) is 6.66. The van der Waals surface area contributed by atoms with Crippen LogP contribution in [0.3, 0.4) is 0 Å². The molecule has 3 rings (SSSR count). The fourth-order valence-corrected chi connectivity index (χ4v) is 3.58. The van der Waals surface area contributed by atoms with Crippen LogP contribution in [0.2, 0.25) is 10.4 Å². The second-order valence-corrected chi connectivity index (χ2v) is 6.59. The Labute approximate surface area is 146 Å². The Morgan fingerprint density at radius 3 is 2.70 bits per heavy atom. The molecule has 5 nitrogen and oxygen atoms in total. The molecule has 0 fully saturated rings. The van der Waals surface area contributed by atoms with Gasteiger partial charge in [0.25, 0.3) is 0 Å². The van der Waals surface area contributed by atoms with Crippen molar-refractivity contribution in [3.05, 3.63) is 46.0 Å². The van der Waals surface area contributed by atoms with Gasteiger partial charge in [-0.1, -0.05) is 23.7 Å². The molecule has 9 heteroatoms. The predicted octanol–water partition coefficient (Wildman–Crippen LogP) is 2.57. The van der Waals surface area contributed by atoms with E-state index in [1.54, 1.807) is 6.92 Å². The molecule has 2 N–H and O–H groups in total. The lowest BCUT2D eigenvalue weighted by molar-refractivity contribution is 0.305. The average Bonchev–Trinajstić information content (AvgIpc) is 2.88. The molecule has 1 aromatic carbocycles. The summed E-state index contributed by atoms with van der Waals surface area (Å²) in [6.07, 6.45) is 0. The standard InChI is InChI=1S/C14H11BCl2N2O3S/c1-7-9(18-14(17)19-13(7)16)6-22-11-8-4-2-3-5-10(8)23-12(11)15(20)21/h2-5,20-21H,6H2,1H3. The van der Waals surface area contributed by atoms with Gasteiger partial charge in [-0.25, -0.2) is 9.97 Å². The van der Waals surface area contributed by atoms with E-state index in [1.807, 2.05) is 24.3 Å². The summed E-state index contributed by atoms with van der Waals surface area (Å²) in [5.74, 6) is 0.422. The number of halogens is 2. The summed E-state index contributed by atoms with van der Waals surface area (Å²) in [5.41, 5.74) is 1.21. The van der Waals surface area contributed by atoms with Gasteiger partial charge < -0.3 is 14.8 Å². The lowest BCUT2D eigenvalue weighted by Gasteiger charge is -2.10. The van der Waals surface area contributed by atoms with Crippen molar-refractivity contribution in [2.75, 3.05) is 0 Å². The first kappa shape index (κ1) is 16.5. The Bertz CT molecular complexity index is 873. The van der Waals surface area contributed by atoms with E-state index in [2.05, 4.69) is 9.97 Å². The molecule has 0 bridgehead atoms. The summed E-state index contributed by atoms with van der Waals surface area (Å²) in [7, 11) is -1.61. The quantitative estimate of drug-likeness (QED) is 0.420. The highest BCUT2D eigenvalue weighted by Gasteiger charge is 2.23. The lowest BCUT2D eigenvalue weighted by atomic mass is 9.88. The molecule has 0 amide bonds. The molecule has 0 aliphatic rings. The number of hydrogen-bond acceptors (Lipinski definition) is 6. The van der Waals surface area contributed by atoms with Crippen LogP contribution in [0.4, 0.5) is 0 Å². The first-order valence-corrected chi connectivity index (χ1v) is 8.23. The number of ether oxygens (including phenoxy) is 1. The van der Waals surface area contributed by atoms with Gasteiger partial charge in [-0.2, -0.15) is 0 Å². The second kappa shape index (κ2) is 6.63. The molecule has 0 radical (unpaired) electrons. The second-order valence-electron chi connectivity index (χ2n) is 4.81. The van der Waals surface area contributed by atoms with Crippen LogP contribution in [-0.2, 0) is 6.61 Å². The van der Waals surface area contributed by atoms with Gasteiger partial charge in [0.1, 0.15) is 17.5 Å². The Morgan fingerprint density at radius 1 is 1.22 bits per heavy atom. The Hall–Kier alpha value is -1.38. The van der Waals surface area contributed by atoms with Gasteiger partial charge in [-0.15, -0.1) is 11.3 Å². The molecule has 0 spiro atoms. The minimum absolute atomic E-state index is 0.0387. The maximum atomic E-state index is 9.56. The summed E-state index contributed by atoms with van der Waals surface area (Å²) in [6.45, 7) is 1.86. The zero-order valence-corrected chi connectivity index (χ0v) is 14.3. The highest BCUT2D eigenvalue weighted by molar-refractivity contribution is 7.28. The van der Waals surface area contributed by atoms with E-state index in [4.69, 9.17) is 27.9 Å². The molecule has 2 heterocycles. The van der Waals surface area contributed by atoms with Crippen LogP contribution in [0.25, 0.3) is 10.1 Å². The number of nitrogens with zero attached hydrogens (tertiary/aromatic N) is 2. The molecular weight excluding hydrogens is 358 g/mol. The number of benzene rings is 1. The molecule has 0 atom stereocenters. The highest BCUT2D eigenvalue weighted by atomic mass is 35.5. The number of fused-ring (bicyclic) bond motifs is 1. The summed E-state index contributed by atoms with van der Waals surface area (Å²) in [5, 5.41) is 20.2. The maximum Gasteiger partial charge on any atom is 0.502 e. The average molecular weight is 369 g/mol.